The zero-order chi connectivity index (χ0) is 23.1. The van der Waals surface area contributed by atoms with Crippen LogP contribution in [0, 0.1) is 11.6 Å². The van der Waals surface area contributed by atoms with Gasteiger partial charge < -0.3 is 15.2 Å². The molecule has 0 unspecified atom stereocenters. The zero-order valence-corrected chi connectivity index (χ0v) is 17.5. The van der Waals surface area contributed by atoms with Gasteiger partial charge in [-0.1, -0.05) is 31.2 Å². The molecule has 0 aliphatic carbocycles. The lowest BCUT2D eigenvalue weighted by atomic mass is 10.0. The number of nitrogens with one attached hydrogen (secondary N) is 1. The number of hydrogen-bond acceptors (Lipinski definition) is 3. The normalized spacial score (nSPS) is 11.6. The van der Waals surface area contributed by atoms with Crippen molar-refractivity contribution in [3.05, 3.63) is 89.5 Å². The number of amides is 1. The van der Waals surface area contributed by atoms with Gasteiger partial charge in [0.1, 0.15) is 23.5 Å². The summed E-state index contributed by atoms with van der Waals surface area (Å²) in [5.74, 6) is -1.99. The number of hydrogen-bond donors (Lipinski definition) is 2. The van der Waals surface area contributed by atoms with Crippen LogP contribution in [-0.2, 0) is 4.79 Å². The fraction of sp³-hybridized carbons (Fsp3) is 0.200. The summed E-state index contributed by atoms with van der Waals surface area (Å²) in [4.78, 5) is 22.6. The van der Waals surface area contributed by atoms with E-state index < -0.39 is 17.6 Å². The van der Waals surface area contributed by atoms with Crippen molar-refractivity contribution >= 4 is 11.9 Å². The third-order valence-corrected chi connectivity index (χ3v) is 4.91. The Kier molecular flexibility index (Phi) is 7.54. The van der Waals surface area contributed by atoms with Crippen LogP contribution in [0.15, 0.2) is 66.7 Å². The summed E-state index contributed by atoms with van der Waals surface area (Å²) >= 11 is 0. The average Bonchev–Trinajstić information content (AvgIpc) is 2.78. The molecule has 1 amide bonds. The SMILES string of the molecule is CC[C@H](Oc1ccc(C(=O)NCCC(=O)O)cc1)c1ccc(-c2ccc(F)cc2F)cc1. The Labute approximate surface area is 184 Å². The van der Waals surface area contributed by atoms with Gasteiger partial charge in [-0.3, -0.25) is 9.59 Å². The third kappa shape index (κ3) is 5.91. The molecule has 0 saturated heterocycles. The van der Waals surface area contributed by atoms with Crippen LogP contribution in [0.5, 0.6) is 5.75 Å². The lowest BCUT2D eigenvalue weighted by Gasteiger charge is -2.19. The van der Waals surface area contributed by atoms with Crippen LogP contribution in [0.1, 0.15) is 41.8 Å². The van der Waals surface area contributed by atoms with Crippen molar-refractivity contribution in [2.24, 2.45) is 0 Å². The summed E-state index contributed by atoms with van der Waals surface area (Å²) in [6.07, 6.45) is 0.289. The molecule has 166 valence electrons. The summed E-state index contributed by atoms with van der Waals surface area (Å²) in [5, 5.41) is 11.2. The number of halogens is 2. The van der Waals surface area contributed by atoms with E-state index in [9.17, 15) is 18.4 Å². The molecule has 0 bridgehead atoms. The van der Waals surface area contributed by atoms with Gasteiger partial charge in [0, 0.05) is 23.7 Å². The van der Waals surface area contributed by atoms with Gasteiger partial charge in [-0.25, -0.2) is 8.78 Å². The average molecular weight is 439 g/mol. The molecular weight excluding hydrogens is 416 g/mol. The number of carboxylic acid groups (broad SMARTS) is 1. The first kappa shape index (κ1) is 22.9. The number of aliphatic carboxylic acids is 1. The predicted octanol–water partition coefficient (Wildman–Crippen LogP) is 5.37. The minimum absolute atomic E-state index is 0.0577. The van der Waals surface area contributed by atoms with Crippen molar-refractivity contribution in [3.63, 3.8) is 0 Å². The number of carbonyl (C=O) groups is 2. The standard InChI is InChI=1S/C25H23F2NO4/c1-2-23(17-5-3-16(4-6-17)21-12-9-19(26)15-22(21)27)32-20-10-7-18(8-11-20)25(31)28-14-13-24(29)30/h3-12,15,23H,2,13-14H2,1H3,(H,28,31)(H,29,30)/t23-/m0/s1. The van der Waals surface area contributed by atoms with Crippen molar-refractivity contribution in [1.82, 2.24) is 5.32 Å². The van der Waals surface area contributed by atoms with E-state index in [1.165, 1.54) is 12.1 Å². The van der Waals surface area contributed by atoms with Crippen LogP contribution in [-0.4, -0.2) is 23.5 Å². The number of ether oxygens (including phenoxy) is 1. The first-order chi connectivity index (χ1) is 15.4. The minimum atomic E-state index is -0.976. The van der Waals surface area contributed by atoms with Gasteiger partial charge in [-0.15, -0.1) is 0 Å². The Morgan fingerprint density at radius 2 is 1.69 bits per heavy atom. The Bertz CT molecular complexity index is 1080. The molecule has 0 saturated carbocycles. The van der Waals surface area contributed by atoms with Crippen LogP contribution < -0.4 is 10.1 Å². The third-order valence-electron chi connectivity index (χ3n) is 4.91. The molecule has 0 aromatic heterocycles. The van der Waals surface area contributed by atoms with Gasteiger partial charge in [0.05, 0.1) is 6.42 Å². The molecule has 3 aromatic rings. The Hall–Kier alpha value is -3.74. The van der Waals surface area contributed by atoms with Crippen LogP contribution in [0.3, 0.4) is 0 Å². The Balaban J connectivity index is 1.66. The molecule has 0 aliphatic rings. The predicted molar refractivity (Wildman–Crippen MR) is 116 cm³/mol. The largest absolute Gasteiger partial charge is 0.486 e. The van der Waals surface area contributed by atoms with Crippen LogP contribution in [0.2, 0.25) is 0 Å². The quantitative estimate of drug-likeness (QED) is 0.470. The summed E-state index contributed by atoms with van der Waals surface area (Å²) < 4.78 is 33.2. The molecule has 0 fully saturated rings. The molecule has 3 rings (SSSR count). The maximum Gasteiger partial charge on any atom is 0.305 e. The van der Waals surface area contributed by atoms with E-state index in [-0.39, 0.29) is 25.0 Å². The highest BCUT2D eigenvalue weighted by atomic mass is 19.1. The van der Waals surface area contributed by atoms with Gasteiger partial charge >= 0.3 is 5.97 Å². The molecule has 3 aromatic carbocycles. The Morgan fingerprint density at radius 1 is 1.00 bits per heavy atom. The van der Waals surface area contributed by atoms with E-state index in [4.69, 9.17) is 9.84 Å². The van der Waals surface area contributed by atoms with E-state index in [1.54, 1.807) is 36.4 Å². The number of rotatable bonds is 9. The van der Waals surface area contributed by atoms with Crippen molar-refractivity contribution in [2.75, 3.05) is 6.54 Å². The molecule has 32 heavy (non-hydrogen) atoms. The maximum absolute atomic E-state index is 14.0. The molecule has 2 N–H and O–H groups in total. The summed E-state index contributed by atoms with van der Waals surface area (Å²) in [6.45, 7) is 2.03. The second-order valence-corrected chi connectivity index (χ2v) is 7.18. The minimum Gasteiger partial charge on any atom is -0.486 e. The van der Waals surface area contributed by atoms with Crippen LogP contribution in [0.25, 0.3) is 11.1 Å². The second kappa shape index (κ2) is 10.5. The number of benzene rings is 3. The topological polar surface area (TPSA) is 75.6 Å². The molecular formula is C25H23F2NO4. The van der Waals surface area contributed by atoms with Gasteiger partial charge in [-0.2, -0.15) is 0 Å². The zero-order valence-electron chi connectivity index (χ0n) is 17.5. The molecule has 7 heteroatoms. The van der Waals surface area contributed by atoms with Gasteiger partial charge in [0.25, 0.3) is 5.91 Å². The summed E-state index contributed by atoms with van der Waals surface area (Å²) in [7, 11) is 0. The molecule has 1 atom stereocenters. The van der Waals surface area contributed by atoms with Gasteiger partial charge in [0.15, 0.2) is 0 Å². The highest BCUT2D eigenvalue weighted by Crippen LogP contribution is 2.29. The second-order valence-electron chi connectivity index (χ2n) is 7.18. The van der Waals surface area contributed by atoms with Crippen LogP contribution >= 0.6 is 0 Å². The van der Waals surface area contributed by atoms with E-state index in [0.29, 0.717) is 28.9 Å². The van der Waals surface area contributed by atoms with E-state index >= 15 is 0 Å². The van der Waals surface area contributed by atoms with Crippen LogP contribution in [0.4, 0.5) is 8.78 Å². The molecule has 0 heterocycles. The fourth-order valence-electron chi connectivity index (χ4n) is 3.22. The first-order valence-electron chi connectivity index (χ1n) is 10.2. The lowest BCUT2D eigenvalue weighted by molar-refractivity contribution is -0.136. The van der Waals surface area contributed by atoms with Gasteiger partial charge in [0.2, 0.25) is 0 Å². The van der Waals surface area contributed by atoms with E-state index in [1.807, 2.05) is 19.1 Å². The van der Waals surface area contributed by atoms with Crippen molar-refractivity contribution < 1.29 is 28.2 Å². The molecule has 0 spiro atoms. The van der Waals surface area contributed by atoms with E-state index in [2.05, 4.69) is 5.32 Å². The monoisotopic (exact) mass is 439 g/mol. The summed E-state index contributed by atoms with van der Waals surface area (Å²) in [5.41, 5.74) is 2.26. The molecule has 0 radical (unpaired) electrons. The molecule has 0 aliphatic heterocycles. The number of carboxylic acids is 1. The van der Waals surface area contributed by atoms with Crippen molar-refractivity contribution in [1.29, 1.82) is 0 Å². The summed E-state index contributed by atoms with van der Waals surface area (Å²) in [6, 6.07) is 17.3. The van der Waals surface area contributed by atoms with Crippen molar-refractivity contribution in [3.8, 4) is 16.9 Å². The smallest absolute Gasteiger partial charge is 0.305 e. The molecule has 5 nitrogen and oxygen atoms in total. The number of carbonyl (C=O) groups excluding carboxylic acids is 1. The first-order valence-corrected chi connectivity index (χ1v) is 10.2. The maximum atomic E-state index is 14.0. The van der Waals surface area contributed by atoms with Gasteiger partial charge in [-0.05, 0) is 53.9 Å². The van der Waals surface area contributed by atoms with E-state index in [0.717, 1.165) is 11.6 Å². The highest BCUT2D eigenvalue weighted by Gasteiger charge is 2.14. The Morgan fingerprint density at radius 3 is 2.28 bits per heavy atom. The fourth-order valence-corrected chi connectivity index (χ4v) is 3.22. The highest BCUT2D eigenvalue weighted by molar-refractivity contribution is 5.94. The lowest BCUT2D eigenvalue weighted by Crippen LogP contribution is -2.25. The van der Waals surface area contributed by atoms with Crippen molar-refractivity contribution in [2.45, 2.75) is 25.9 Å².